The summed E-state index contributed by atoms with van der Waals surface area (Å²) in [6.45, 7) is 2.33. The van der Waals surface area contributed by atoms with Crippen LogP contribution in [0.2, 0.25) is 0 Å². The van der Waals surface area contributed by atoms with Gasteiger partial charge in [-0.15, -0.1) is 0 Å². The molecule has 0 atom stereocenters. The Bertz CT molecular complexity index is 108. The van der Waals surface area contributed by atoms with Crippen LogP contribution in [0, 0.1) is 11.3 Å². The zero-order chi connectivity index (χ0) is 7.03. The van der Waals surface area contributed by atoms with Crippen molar-refractivity contribution in [2.24, 2.45) is 11.3 Å². The maximum absolute atomic E-state index is 2.33. The van der Waals surface area contributed by atoms with Crippen LogP contribution in [0.1, 0.15) is 51.9 Å². The largest absolute Gasteiger partial charge is 0.0654 e. The lowest BCUT2D eigenvalue weighted by atomic mass is 9.53. The predicted molar refractivity (Wildman–Crippen MR) is 43.9 cm³/mol. The van der Waals surface area contributed by atoms with E-state index in [2.05, 4.69) is 6.92 Å². The van der Waals surface area contributed by atoms with Crippen molar-refractivity contribution in [3.05, 3.63) is 0 Å². The van der Waals surface area contributed by atoms with Crippen LogP contribution in [0.5, 0.6) is 0 Å². The molecule has 0 radical (unpaired) electrons. The minimum absolute atomic E-state index is 0.873. The molecule has 58 valence electrons. The van der Waals surface area contributed by atoms with E-state index in [4.69, 9.17) is 0 Å². The third-order valence-corrected chi connectivity index (χ3v) is 3.54. The Morgan fingerprint density at radius 2 is 2.20 bits per heavy atom. The third-order valence-electron chi connectivity index (χ3n) is 3.54. The Hall–Kier alpha value is 0. The molecule has 0 aliphatic heterocycles. The van der Waals surface area contributed by atoms with Gasteiger partial charge in [-0.3, -0.25) is 0 Å². The highest BCUT2D eigenvalue weighted by Crippen LogP contribution is 2.57. The zero-order valence-electron chi connectivity index (χ0n) is 7.03. The maximum atomic E-state index is 2.33. The summed E-state index contributed by atoms with van der Waals surface area (Å²) in [4.78, 5) is 0. The van der Waals surface area contributed by atoms with Crippen LogP contribution in [0.4, 0.5) is 0 Å². The first-order valence-corrected chi connectivity index (χ1v) is 4.85. The van der Waals surface area contributed by atoms with Crippen molar-refractivity contribution in [1.29, 1.82) is 0 Å². The van der Waals surface area contributed by atoms with Crippen LogP contribution in [-0.4, -0.2) is 0 Å². The quantitative estimate of drug-likeness (QED) is 0.549. The van der Waals surface area contributed by atoms with Gasteiger partial charge in [0.15, 0.2) is 0 Å². The fraction of sp³-hybridized carbons (Fsp3) is 1.00. The van der Waals surface area contributed by atoms with E-state index in [0.717, 1.165) is 11.3 Å². The molecule has 0 nitrogen and oxygen atoms in total. The lowest BCUT2D eigenvalue weighted by Crippen LogP contribution is -2.40. The first-order chi connectivity index (χ1) is 4.85. The summed E-state index contributed by atoms with van der Waals surface area (Å²) >= 11 is 0. The van der Waals surface area contributed by atoms with Gasteiger partial charge in [0.1, 0.15) is 0 Å². The average Bonchev–Trinajstić information content (AvgIpc) is 1.87. The summed E-state index contributed by atoms with van der Waals surface area (Å²) in [5.41, 5.74) is 0.873. The lowest BCUT2D eigenvalue weighted by Gasteiger charge is -2.53. The molecule has 0 aromatic heterocycles. The first-order valence-electron chi connectivity index (χ1n) is 4.85. The van der Waals surface area contributed by atoms with Gasteiger partial charge in [0.05, 0.1) is 0 Å². The van der Waals surface area contributed by atoms with E-state index in [1.165, 1.54) is 19.3 Å². The fourth-order valence-corrected chi connectivity index (χ4v) is 3.20. The van der Waals surface area contributed by atoms with E-state index in [1.54, 1.807) is 25.7 Å². The molecule has 0 N–H and O–H groups in total. The van der Waals surface area contributed by atoms with Gasteiger partial charge in [-0.05, 0) is 37.0 Å². The van der Waals surface area contributed by atoms with Crippen molar-refractivity contribution in [2.45, 2.75) is 51.9 Å². The van der Waals surface area contributed by atoms with E-state index in [9.17, 15) is 0 Å². The second-order valence-electron chi connectivity index (χ2n) is 4.42. The average molecular weight is 138 g/mol. The number of hydrogen-bond donors (Lipinski definition) is 0. The van der Waals surface area contributed by atoms with Crippen LogP contribution < -0.4 is 0 Å². The summed E-state index contributed by atoms with van der Waals surface area (Å²) in [6, 6.07) is 0. The van der Waals surface area contributed by atoms with Crippen molar-refractivity contribution in [3.8, 4) is 0 Å². The van der Waals surface area contributed by atoms with Gasteiger partial charge in [-0.2, -0.15) is 0 Å². The van der Waals surface area contributed by atoms with Gasteiger partial charge in [0, 0.05) is 0 Å². The number of hydrogen-bond acceptors (Lipinski definition) is 0. The molecule has 3 aliphatic carbocycles. The molecule has 0 heterocycles. The molecule has 0 spiro atoms. The van der Waals surface area contributed by atoms with Crippen molar-refractivity contribution < 1.29 is 0 Å². The van der Waals surface area contributed by atoms with E-state index in [1.807, 2.05) is 0 Å². The standard InChI is InChI=1S/C10H18/c1-2-5-10-6-3-4-9(7-10)8-10/h9H,2-8H2,1H3. The van der Waals surface area contributed by atoms with Gasteiger partial charge >= 0.3 is 0 Å². The minimum atomic E-state index is 0.873. The molecular formula is C10H18. The Balaban J connectivity index is 1.92. The summed E-state index contributed by atoms with van der Waals surface area (Å²) in [5, 5.41) is 0. The van der Waals surface area contributed by atoms with Crippen LogP contribution >= 0.6 is 0 Å². The number of fused-ring (bicyclic) bond motifs is 2. The molecule has 3 saturated carbocycles. The molecular weight excluding hydrogens is 120 g/mol. The van der Waals surface area contributed by atoms with E-state index in [0.29, 0.717) is 0 Å². The third kappa shape index (κ3) is 0.889. The molecule has 0 aromatic rings. The van der Waals surface area contributed by atoms with Gasteiger partial charge < -0.3 is 0 Å². The van der Waals surface area contributed by atoms with Crippen LogP contribution in [0.15, 0.2) is 0 Å². The Labute approximate surface area is 64.0 Å². The lowest BCUT2D eigenvalue weighted by molar-refractivity contribution is -0.0126. The van der Waals surface area contributed by atoms with E-state index in [-0.39, 0.29) is 0 Å². The molecule has 2 bridgehead atoms. The SMILES string of the molecule is CCCC12CCCC(C1)C2. The molecule has 3 aliphatic rings. The Kier molecular flexibility index (Phi) is 1.51. The smallest absolute Gasteiger partial charge is 0.0292 e. The zero-order valence-corrected chi connectivity index (χ0v) is 7.03. The second kappa shape index (κ2) is 2.25. The summed E-state index contributed by atoms with van der Waals surface area (Å²) in [6.07, 6.45) is 10.7. The highest BCUT2D eigenvalue weighted by molar-refractivity contribution is 4.96. The molecule has 3 fully saturated rings. The van der Waals surface area contributed by atoms with Gasteiger partial charge in [-0.1, -0.05) is 26.2 Å². The molecule has 0 unspecified atom stereocenters. The maximum Gasteiger partial charge on any atom is -0.0292 e. The molecule has 10 heavy (non-hydrogen) atoms. The van der Waals surface area contributed by atoms with Crippen molar-refractivity contribution in [1.82, 2.24) is 0 Å². The fourth-order valence-electron chi connectivity index (χ4n) is 3.20. The summed E-state index contributed by atoms with van der Waals surface area (Å²) < 4.78 is 0. The van der Waals surface area contributed by atoms with Crippen LogP contribution in [0.25, 0.3) is 0 Å². The number of rotatable bonds is 2. The van der Waals surface area contributed by atoms with Gasteiger partial charge in [-0.25, -0.2) is 0 Å². The normalized spacial score (nSPS) is 44.7. The van der Waals surface area contributed by atoms with Gasteiger partial charge in [0.25, 0.3) is 0 Å². The van der Waals surface area contributed by atoms with Crippen molar-refractivity contribution in [3.63, 3.8) is 0 Å². The van der Waals surface area contributed by atoms with Gasteiger partial charge in [0.2, 0.25) is 0 Å². The molecule has 3 rings (SSSR count). The highest BCUT2D eigenvalue weighted by Gasteiger charge is 2.45. The summed E-state index contributed by atoms with van der Waals surface area (Å²) in [7, 11) is 0. The highest BCUT2D eigenvalue weighted by atomic mass is 14.5. The van der Waals surface area contributed by atoms with Crippen molar-refractivity contribution >= 4 is 0 Å². The predicted octanol–water partition coefficient (Wildman–Crippen LogP) is 3.37. The molecule has 0 aromatic carbocycles. The summed E-state index contributed by atoms with van der Waals surface area (Å²) in [5.74, 6) is 1.15. The van der Waals surface area contributed by atoms with E-state index < -0.39 is 0 Å². The molecule has 0 heteroatoms. The Morgan fingerprint density at radius 3 is 2.70 bits per heavy atom. The second-order valence-corrected chi connectivity index (χ2v) is 4.42. The van der Waals surface area contributed by atoms with E-state index >= 15 is 0 Å². The van der Waals surface area contributed by atoms with Crippen LogP contribution in [0.3, 0.4) is 0 Å². The first kappa shape index (κ1) is 6.69. The van der Waals surface area contributed by atoms with Crippen LogP contribution in [-0.2, 0) is 0 Å². The minimum Gasteiger partial charge on any atom is -0.0654 e. The topological polar surface area (TPSA) is 0 Å². The molecule has 0 amide bonds. The monoisotopic (exact) mass is 138 g/mol. The molecule has 0 saturated heterocycles. The van der Waals surface area contributed by atoms with Crippen molar-refractivity contribution in [2.75, 3.05) is 0 Å². The Morgan fingerprint density at radius 1 is 1.40 bits per heavy atom.